The Bertz CT molecular complexity index is 1050. The number of ether oxygens (including phenoxy) is 1. The molecular formula is C31H46N4O2. The fourth-order valence-electron chi connectivity index (χ4n) is 6.47. The Morgan fingerprint density at radius 3 is 2.35 bits per heavy atom. The average molecular weight is 507 g/mol. The lowest BCUT2D eigenvalue weighted by molar-refractivity contribution is 0.0334. The zero-order valence-electron chi connectivity index (χ0n) is 23.3. The maximum atomic E-state index is 10.0. The molecule has 3 saturated heterocycles. The average Bonchev–Trinajstić information content (AvgIpc) is 2.93. The van der Waals surface area contributed by atoms with Crippen molar-refractivity contribution in [1.82, 2.24) is 14.7 Å². The van der Waals surface area contributed by atoms with Gasteiger partial charge in [-0.3, -0.25) is 14.7 Å². The maximum Gasteiger partial charge on any atom is 0.118 e. The number of aliphatic hydroxyl groups is 1. The highest BCUT2D eigenvalue weighted by atomic mass is 16.5. The first kappa shape index (κ1) is 26.5. The van der Waals surface area contributed by atoms with Gasteiger partial charge in [-0.05, 0) is 60.8 Å². The highest BCUT2D eigenvalue weighted by Gasteiger charge is 2.39. The molecule has 0 atom stereocenters. The highest BCUT2D eigenvalue weighted by Crippen LogP contribution is 2.45. The number of anilines is 1. The van der Waals surface area contributed by atoms with Gasteiger partial charge < -0.3 is 14.7 Å². The molecule has 0 spiro atoms. The number of para-hydroxylation sites is 1. The van der Waals surface area contributed by atoms with Crippen LogP contribution in [0.15, 0.2) is 59.1 Å². The van der Waals surface area contributed by atoms with Gasteiger partial charge in [0.05, 0.1) is 18.9 Å². The lowest BCUT2D eigenvalue weighted by atomic mass is 9.80. The quantitative estimate of drug-likeness (QED) is 0.592. The fraction of sp³-hybridized carbons (Fsp3) is 0.613. The molecule has 0 unspecified atom stereocenters. The van der Waals surface area contributed by atoms with Crippen LogP contribution in [-0.4, -0.2) is 92.0 Å². The summed E-state index contributed by atoms with van der Waals surface area (Å²) in [4.78, 5) is 10.3. The number of benzene rings is 1. The van der Waals surface area contributed by atoms with E-state index in [1.54, 1.807) is 0 Å². The third-order valence-corrected chi connectivity index (χ3v) is 9.09. The summed E-state index contributed by atoms with van der Waals surface area (Å²) < 4.78 is 5.56. The molecule has 0 radical (unpaired) electrons. The number of hydrogen-bond donors (Lipinski definition) is 1. The van der Waals surface area contributed by atoms with E-state index < -0.39 is 0 Å². The van der Waals surface area contributed by atoms with E-state index in [-0.39, 0.29) is 12.0 Å². The first-order valence-electron chi connectivity index (χ1n) is 14.3. The number of allylic oxidation sites excluding steroid dienone is 1. The SMILES string of the molecule is C=C1C(CC)=C2CCN(CCN3CCOCC3)CC2=C(N2CCC(C)(CO)CC2)N1c1ccccc1C. The van der Waals surface area contributed by atoms with Gasteiger partial charge in [0.15, 0.2) is 0 Å². The van der Waals surface area contributed by atoms with Gasteiger partial charge >= 0.3 is 0 Å². The van der Waals surface area contributed by atoms with Gasteiger partial charge in [0, 0.05) is 70.2 Å². The van der Waals surface area contributed by atoms with Gasteiger partial charge in [-0.2, -0.15) is 0 Å². The Hall–Kier alpha value is -2.12. The number of nitrogens with zero attached hydrogens (tertiary/aromatic N) is 4. The molecule has 4 heterocycles. The number of rotatable bonds is 7. The van der Waals surface area contributed by atoms with Crippen LogP contribution in [0.5, 0.6) is 0 Å². The van der Waals surface area contributed by atoms with Crippen molar-refractivity contribution in [3.8, 4) is 0 Å². The Kier molecular flexibility index (Phi) is 8.10. The minimum absolute atomic E-state index is 0.0188. The van der Waals surface area contributed by atoms with Crippen molar-refractivity contribution >= 4 is 5.69 Å². The molecule has 0 saturated carbocycles. The van der Waals surface area contributed by atoms with E-state index in [0.29, 0.717) is 0 Å². The molecule has 0 amide bonds. The molecule has 6 heteroatoms. The van der Waals surface area contributed by atoms with Gasteiger partial charge in [0.2, 0.25) is 0 Å². The van der Waals surface area contributed by atoms with E-state index in [1.165, 1.54) is 33.8 Å². The Balaban J connectivity index is 1.51. The maximum absolute atomic E-state index is 10.0. The number of aryl methyl sites for hydroxylation is 1. The molecular weight excluding hydrogens is 460 g/mol. The molecule has 202 valence electrons. The van der Waals surface area contributed by atoms with Crippen LogP contribution in [0.25, 0.3) is 0 Å². The fourth-order valence-corrected chi connectivity index (χ4v) is 6.47. The monoisotopic (exact) mass is 506 g/mol. The predicted molar refractivity (Wildman–Crippen MR) is 151 cm³/mol. The Morgan fingerprint density at radius 1 is 0.973 bits per heavy atom. The molecule has 4 aliphatic rings. The van der Waals surface area contributed by atoms with Crippen molar-refractivity contribution in [3.05, 3.63) is 64.6 Å². The minimum atomic E-state index is 0.0188. The molecule has 4 aliphatic heterocycles. The molecule has 0 aliphatic carbocycles. The molecule has 1 aromatic carbocycles. The van der Waals surface area contributed by atoms with Gasteiger partial charge in [-0.15, -0.1) is 0 Å². The number of morpholine rings is 1. The third-order valence-electron chi connectivity index (χ3n) is 9.09. The highest BCUT2D eigenvalue weighted by molar-refractivity contribution is 5.71. The van der Waals surface area contributed by atoms with Crippen molar-refractivity contribution in [2.45, 2.75) is 46.5 Å². The van der Waals surface area contributed by atoms with Crippen LogP contribution < -0.4 is 4.90 Å². The van der Waals surface area contributed by atoms with E-state index in [1.807, 2.05) is 0 Å². The van der Waals surface area contributed by atoms with Crippen LogP contribution in [0, 0.1) is 12.3 Å². The van der Waals surface area contributed by atoms with E-state index in [4.69, 9.17) is 11.3 Å². The summed E-state index contributed by atoms with van der Waals surface area (Å²) in [5, 5.41) is 10.0. The molecule has 1 aromatic rings. The first-order valence-corrected chi connectivity index (χ1v) is 14.3. The standard InChI is InChI=1S/C31H46N4O2/c1-5-26-25(3)35(29-9-7-6-8-24(29)2)30(34-14-11-31(4,23-36)12-15-34)28-22-33(13-10-27(26)28)17-16-32-18-20-37-21-19-32/h6-9,36H,3,5,10-23H2,1-2,4H3. The second-order valence-electron chi connectivity index (χ2n) is 11.6. The summed E-state index contributed by atoms with van der Waals surface area (Å²) in [5.41, 5.74) is 8.12. The summed E-state index contributed by atoms with van der Waals surface area (Å²) in [7, 11) is 0. The molecule has 37 heavy (non-hydrogen) atoms. The van der Waals surface area contributed by atoms with Crippen molar-refractivity contribution in [1.29, 1.82) is 0 Å². The van der Waals surface area contributed by atoms with Gasteiger partial charge in [-0.1, -0.05) is 38.6 Å². The number of hydrogen-bond acceptors (Lipinski definition) is 6. The number of piperidine rings is 2. The van der Waals surface area contributed by atoms with E-state index in [9.17, 15) is 5.11 Å². The third kappa shape index (κ3) is 5.40. The first-order chi connectivity index (χ1) is 17.9. The van der Waals surface area contributed by atoms with E-state index in [0.717, 1.165) is 97.0 Å². The Labute approximate surface area is 223 Å². The van der Waals surface area contributed by atoms with Crippen LogP contribution in [0.1, 0.15) is 45.1 Å². The summed E-state index contributed by atoms with van der Waals surface area (Å²) in [6.45, 7) is 21.7. The zero-order valence-corrected chi connectivity index (χ0v) is 23.3. The van der Waals surface area contributed by atoms with Gasteiger partial charge in [0.1, 0.15) is 5.82 Å². The van der Waals surface area contributed by atoms with E-state index >= 15 is 0 Å². The number of likely N-dealkylation sites (tertiary alicyclic amines) is 2. The molecule has 6 nitrogen and oxygen atoms in total. The molecule has 3 fully saturated rings. The van der Waals surface area contributed by atoms with Crippen molar-refractivity contribution < 1.29 is 9.84 Å². The molecule has 0 aromatic heterocycles. The number of aliphatic hydroxyl groups excluding tert-OH is 1. The summed E-state index contributed by atoms with van der Waals surface area (Å²) in [5.74, 6) is 1.34. The van der Waals surface area contributed by atoms with Crippen LogP contribution in [0.3, 0.4) is 0 Å². The lowest BCUT2D eigenvalue weighted by Gasteiger charge is -2.49. The van der Waals surface area contributed by atoms with Crippen molar-refractivity contribution in [2.24, 2.45) is 5.41 Å². The zero-order chi connectivity index (χ0) is 26.0. The van der Waals surface area contributed by atoms with Crippen molar-refractivity contribution in [2.75, 3.05) is 77.1 Å². The van der Waals surface area contributed by atoms with Crippen molar-refractivity contribution in [3.63, 3.8) is 0 Å². The van der Waals surface area contributed by atoms with Gasteiger partial charge in [-0.25, -0.2) is 0 Å². The van der Waals surface area contributed by atoms with Gasteiger partial charge in [0.25, 0.3) is 0 Å². The van der Waals surface area contributed by atoms with E-state index in [2.05, 4.69) is 64.6 Å². The van der Waals surface area contributed by atoms with Crippen LogP contribution in [0.4, 0.5) is 5.69 Å². The second kappa shape index (κ2) is 11.3. The van der Waals surface area contributed by atoms with Crippen LogP contribution in [-0.2, 0) is 4.74 Å². The largest absolute Gasteiger partial charge is 0.396 e. The second-order valence-corrected chi connectivity index (χ2v) is 11.6. The summed E-state index contributed by atoms with van der Waals surface area (Å²) in [6, 6.07) is 8.74. The minimum Gasteiger partial charge on any atom is -0.396 e. The molecule has 0 bridgehead atoms. The molecule has 1 N–H and O–H groups in total. The lowest BCUT2D eigenvalue weighted by Crippen LogP contribution is -2.49. The smallest absolute Gasteiger partial charge is 0.118 e. The predicted octanol–water partition coefficient (Wildman–Crippen LogP) is 4.38. The van der Waals surface area contributed by atoms with Crippen LogP contribution >= 0.6 is 0 Å². The summed E-state index contributed by atoms with van der Waals surface area (Å²) >= 11 is 0. The summed E-state index contributed by atoms with van der Waals surface area (Å²) in [6.07, 6.45) is 4.11. The molecule has 5 rings (SSSR count). The van der Waals surface area contributed by atoms with Crippen LogP contribution in [0.2, 0.25) is 0 Å². The normalized spacial score (nSPS) is 23.6. The number of fused-ring (bicyclic) bond motifs is 1. The Morgan fingerprint density at radius 2 is 1.68 bits per heavy atom. The topological polar surface area (TPSA) is 42.4 Å².